The van der Waals surface area contributed by atoms with E-state index in [2.05, 4.69) is 9.92 Å². The first-order valence-corrected chi connectivity index (χ1v) is 6.67. The third kappa shape index (κ3) is 1.43. The third-order valence-electron chi connectivity index (χ3n) is 1.77. The Morgan fingerprint density at radius 3 is 3.08 bits per heavy atom. The fourth-order valence-corrected chi connectivity index (χ4v) is 4.33. The van der Waals surface area contributed by atoms with Crippen molar-refractivity contribution in [1.29, 1.82) is 0 Å². The maximum absolute atomic E-state index is 10.7. The van der Waals surface area contributed by atoms with Crippen LogP contribution >= 0.6 is 11.8 Å². The van der Waals surface area contributed by atoms with Crippen LogP contribution in [0.4, 0.5) is 0 Å². The van der Waals surface area contributed by atoms with Gasteiger partial charge in [-0.05, 0) is 0 Å². The average Bonchev–Trinajstić information content (AvgIpc) is 2.60. The summed E-state index contributed by atoms with van der Waals surface area (Å²) in [6, 6.07) is 1.73. The molecular formula is C8H7NO2SSe. The fraction of sp³-hybridized carbons (Fsp3) is 0.125. The molecule has 0 aromatic carbocycles. The van der Waals surface area contributed by atoms with Crippen LogP contribution in [-0.2, 0) is 0 Å². The second-order valence-electron chi connectivity index (χ2n) is 2.53. The molecule has 0 radical (unpaired) electrons. The van der Waals surface area contributed by atoms with Gasteiger partial charge in [-0.2, -0.15) is 0 Å². The molecule has 0 aliphatic carbocycles. The van der Waals surface area contributed by atoms with Crippen molar-refractivity contribution in [1.82, 2.24) is 4.98 Å². The molecule has 2 N–H and O–H groups in total. The standard InChI is InChI=1S/C8H7NO2SSe/c1-12-5-3-13-6-2-4(8(10)11)9-7(5)6/h2-3,9H,1H3,(H,10,11). The van der Waals surface area contributed by atoms with Crippen LogP contribution < -0.4 is 0 Å². The summed E-state index contributed by atoms with van der Waals surface area (Å²) in [4.78, 5) is 16.9. The number of H-pyrrole nitrogens is 1. The Hall–Kier alpha value is -0.641. The van der Waals surface area contributed by atoms with Crippen LogP contribution in [0.15, 0.2) is 15.9 Å². The summed E-state index contributed by atoms with van der Waals surface area (Å²) in [6.45, 7) is 0. The van der Waals surface area contributed by atoms with Crippen molar-refractivity contribution in [3.8, 4) is 0 Å². The Balaban J connectivity index is 2.63. The average molecular weight is 260 g/mol. The number of fused-ring (bicyclic) bond motifs is 1. The molecule has 0 atom stereocenters. The number of nitrogens with one attached hydrogen (secondary N) is 1. The van der Waals surface area contributed by atoms with Crippen molar-refractivity contribution in [2.45, 2.75) is 4.90 Å². The van der Waals surface area contributed by atoms with E-state index >= 15 is 0 Å². The number of carboxylic acids is 1. The van der Waals surface area contributed by atoms with Gasteiger partial charge in [0.2, 0.25) is 0 Å². The normalized spacial score (nSPS) is 10.8. The molecule has 0 unspecified atom stereocenters. The summed E-state index contributed by atoms with van der Waals surface area (Å²) in [6.07, 6.45) is 2.00. The van der Waals surface area contributed by atoms with E-state index in [1.807, 2.05) is 6.26 Å². The van der Waals surface area contributed by atoms with Gasteiger partial charge in [0.05, 0.1) is 0 Å². The Kier molecular flexibility index (Phi) is 2.24. The predicted octanol–water partition coefficient (Wildman–Crippen LogP) is 1.65. The van der Waals surface area contributed by atoms with Gasteiger partial charge in [-0.25, -0.2) is 0 Å². The molecule has 68 valence electrons. The van der Waals surface area contributed by atoms with Gasteiger partial charge in [-0.1, -0.05) is 0 Å². The topological polar surface area (TPSA) is 53.1 Å². The number of thioether (sulfide) groups is 1. The van der Waals surface area contributed by atoms with E-state index in [1.165, 1.54) is 4.90 Å². The molecule has 0 saturated heterocycles. The van der Waals surface area contributed by atoms with E-state index in [9.17, 15) is 4.79 Å². The number of aromatic nitrogens is 1. The zero-order valence-corrected chi connectivity index (χ0v) is 9.36. The van der Waals surface area contributed by atoms with Crippen molar-refractivity contribution in [3.63, 3.8) is 0 Å². The molecule has 0 amide bonds. The molecule has 0 spiro atoms. The van der Waals surface area contributed by atoms with E-state index in [1.54, 1.807) is 17.8 Å². The van der Waals surface area contributed by atoms with Crippen molar-refractivity contribution in [2.24, 2.45) is 0 Å². The van der Waals surface area contributed by atoms with Gasteiger partial charge in [0.1, 0.15) is 0 Å². The molecule has 0 bridgehead atoms. The molecule has 13 heavy (non-hydrogen) atoms. The minimum atomic E-state index is -0.884. The van der Waals surface area contributed by atoms with Crippen molar-refractivity contribution >= 4 is 42.0 Å². The second kappa shape index (κ2) is 3.25. The minimum absolute atomic E-state index is 0.298. The zero-order valence-electron chi connectivity index (χ0n) is 6.83. The van der Waals surface area contributed by atoms with Gasteiger partial charge in [0.15, 0.2) is 0 Å². The number of aromatic amines is 1. The Bertz CT molecular complexity index is 460. The second-order valence-corrected chi connectivity index (χ2v) is 5.29. The summed E-state index contributed by atoms with van der Waals surface area (Å²) >= 11 is 1.96. The van der Waals surface area contributed by atoms with Gasteiger partial charge >= 0.3 is 84.7 Å². The first kappa shape index (κ1) is 8.94. The van der Waals surface area contributed by atoms with E-state index in [0.29, 0.717) is 20.2 Å². The predicted molar refractivity (Wildman–Crippen MR) is 54.0 cm³/mol. The molecule has 2 rings (SSSR count). The van der Waals surface area contributed by atoms with Crippen LogP contribution in [0, 0.1) is 0 Å². The molecule has 0 aliphatic heterocycles. The summed E-state index contributed by atoms with van der Waals surface area (Å²) in [7, 11) is 0. The first-order valence-electron chi connectivity index (χ1n) is 3.60. The monoisotopic (exact) mass is 261 g/mol. The van der Waals surface area contributed by atoms with Crippen LogP contribution in [0.2, 0.25) is 0 Å². The van der Waals surface area contributed by atoms with Gasteiger partial charge in [-0.3, -0.25) is 0 Å². The fourth-order valence-electron chi connectivity index (χ4n) is 1.15. The number of hydrogen-bond donors (Lipinski definition) is 2. The summed E-state index contributed by atoms with van der Waals surface area (Å²) in [5.41, 5.74) is 1.30. The van der Waals surface area contributed by atoms with Crippen molar-refractivity contribution in [2.75, 3.05) is 6.26 Å². The summed E-state index contributed by atoms with van der Waals surface area (Å²) < 4.78 is 1.15. The van der Waals surface area contributed by atoms with Crippen molar-refractivity contribution < 1.29 is 9.90 Å². The van der Waals surface area contributed by atoms with Crippen LogP contribution in [0.1, 0.15) is 10.5 Å². The van der Waals surface area contributed by atoms with Gasteiger partial charge in [0, 0.05) is 0 Å². The SMILES string of the molecule is CSc1c[se]c2cc(C(=O)O)[nH]c12. The van der Waals surface area contributed by atoms with Crippen LogP contribution in [-0.4, -0.2) is 36.8 Å². The molecule has 3 nitrogen and oxygen atoms in total. The van der Waals surface area contributed by atoms with Gasteiger partial charge in [-0.15, -0.1) is 0 Å². The van der Waals surface area contributed by atoms with Crippen LogP contribution in [0.3, 0.4) is 0 Å². The first-order chi connectivity index (χ1) is 6.22. The van der Waals surface area contributed by atoms with Gasteiger partial charge < -0.3 is 0 Å². The van der Waals surface area contributed by atoms with E-state index in [-0.39, 0.29) is 0 Å². The number of carboxylic acid groups (broad SMARTS) is 1. The van der Waals surface area contributed by atoms with Crippen LogP contribution in [0.5, 0.6) is 0 Å². The maximum atomic E-state index is 10.7. The molecule has 0 aliphatic rings. The molecule has 2 heterocycles. The van der Waals surface area contributed by atoms with Gasteiger partial charge in [0.25, 0.3) is 0 Å². The third-order valence-corrected chi connectivity index (χ3v) is 4.82. The summed E-state index contributed by atoms with van der Waals surface area (Å²) in [5, 5.41) is 8.75. The molecular weight excluding hydrogens is 253 g/mol. The molecule has 2 aromatic rings. The van der Waals surface area contributed by atoms with Crippen molar-refractivity contribution in [3.05, 3.63) is 16.7 Å². The molecule has 0 fully saturated rings. The van der Waals surface area contributed by atoms with E-state index in [0.717, 1.165) is 9.78 Å². The molecule has 0 saturated carbocycles. The number of hydrogen-bond acceptors (Lipinski definition) is 2. The Labute approximate surface area is 84.9 Å². The number of aromatic carboxylic acids is 1. The van der Waals surface area contributed by atoms with E-state index in [4.69, 9.17) is 5.11 Å². The zero-order chi connectivity index (χ0) is 9.42. The van der Waals surface area contributed by atoms with Crippen LogP contribution in [0.25, 0.3) is 9.78 Å². The van der Waals surface area contributed by atoms with E-state index < -0.39 is 5.97 Å². The molecule has 5 heteroatoms. The molecule has 2 aromatic heterocycles. The Morgan fingerprint density at radius 2 is 2.46 bits per heavy atom. The summed E-state index contributed by atoms with van der Waals surface area (Å²) in [5.74, 6) is -0.884. The quantitative estimate of drug-likeness (QED) is 0.637. The Morgan fingerprint density at radius 1 is 1.69 bits per heavy atom. The number of carbonyl (C=O) groups is 1. The number of rotatable bonds is 2.